The number of carbonyl (C=O) groups is 1. The van der Waals surface area contributed by atoms with Gasteiger partial charge in [0.2, 0.25) is 5.91 Å². The highest BCUT2D eigenvalue weighted by Gasteiger charge is 2.33. The van der Waals surface area contributed by atoms with Crippen molar-refractivity contribution < 1.29 is 13.6 Å². The van der Waals surface area contributed by atoms with Crippen molar-refractivity contribution in [1.82, 2.24) is 14.9 Å². The number of imidazole rings is 1. The summed E-state index contributed by atoms with van der Waals surface area (Å²) in [4.78, 5) is 21.2. The lowest BCUT2D eigenvalue weighted by molar-refractivity contribution is -0.129. The van der Waals surface area contributed by atoms with Crippen molar-refractivity contribution in [3.8, 4) is 11.3 Å². The predicted molar refractivity (Wildman–Crippen MR) is 78.1 cm³/mol. The molecule has 3 rings (SSSR count). The molecule has 2 aromatic rings. The van der Waals surface area contributed by atoms with E-state index in [1.165, 1.54) is 6.07 Å². The Morgan fingerprint density at radius 3 is 2.73 bits per heavy atom. The second-order valence-electron chi connectivity index (χ2n) is 5.85. The van der Waals surface area contributed by atoms with Gasteiger partial charge in [-0.15, -0.1) is 0 Å². The van der Waals surface area contributed by atoms with Gasteiger partial charge in [0.05, 0.1) is 11.9 Å². The monoisotopic (exact) mass is 305 g/mol. The Bertz CT molecular complexity index is 711. The van der Waals surface area contributed by atoms with E-state index in [1.807, 2.05) is 18.7 Å². The van der Waals surface area contributed by atoms with Crippen LogP contribution >= 0.6 is 0 Å². The lowest BCUT2D eigenvalue weighted by Crippen LogP contribution is -2.31. The third-order valence-corrected chi connectivity index (χ3v) is 3.99. The number of amides is 1. The van der Waals surface area contributed by atoms with Crippen molar-refractivity contribution in [2.24, 2.45) is 0 Å². The Hall–Kier alpha value is -2.24. The molecule has 1 N–H and O–H groups in total. The van der Waals surface area contributed by atoms with Crippen LogP contribution in [0.2, 0.25) is 0 Å². The smallest absolute Gasteiger partial charge is 0.223 e. The SMILES string of the molecule is CC(C)N1CC(c2ncc(-c3ccc(F)c(F)c3)[nH]2)CC1=O. The molecule has 6 heteroatoms. The number of carbonyl (C=O) groups excluding carboxylic acids is 1. The maximum Gasteiger partial charge on any atom is 0.223 e. The van der Waals surface area contributed by atoms with E-state index in [9.17, 15) is 13.6 Å². The van der Waals surface area contributed by atoms with Crippen molar-refractivity contribution in [3.05, 3.63) is 41.9 Å². The number of aromatic amines is 1. The minimum atomic E-state index is -0.893. The molecule has 1 aliphatic heterocycles. The normalized spacial score (nSPS) is 18.5. The summed E-state index contributed by atoms with van der Waals surface area (Å²) in [5.41, 5.74) is 1.15. The molecular weight excluding hydrogens is 288 g/mol. The number of hydrogen-bond acceptors (Lipinski definition) is 2. The summed E-state index contributed by atoms with van der Waals surface area (Å²) in [6, 6.07) is 3.88. The molecule has 2 heterocycles. The van der Waals surface area contributed by atoms with Crippen LogP contribution < -0.4 is 0 Å². The average Bonchev–Trinajstić information content (AvgIpc) is 3.08. The van der Waals surface area contributed by atoms with Gasteiger partial charge < -0.3 is 9.88 Å². The van der Waals surface area contributed by atoms with E-state index in [0.29, 0.717) is 30.0 Å². The number of rotatable bonds is 3. The fraction of sp³-hybridized carbons (Fsp3) is 0.375. The molecule has 0 radical (unpaired) electrons. The highest BCUT2D eigenvalue weighted by molar-refractivity contribution is 5.79. The Kier molecular flexibility index (Phi) is 3.68. The maximum atomic E-state index is 13.3. The first kappa shape index (κ1) is 14.7. The molecule has 1 amide bonds. The summed E-state index contributed by atoms with van der Waals surface area (Å²) in [6.45, 7) is 4.59. The van der Waals surface area contributed by atoms with Crippen LogP contribution in [0, 0.1) is 11.6 Å². The third kappa shape index (κ3) is 2.61. The minimum Gasteiger partial charge on any atom is -0.342 e. The highest BCUT2D eigenvalue weighted by atomic mass is 19.2. The second-order valence-corrected chi connectivity index (χ2v) is 5.85. The maximum absolute atomic E-state index is 13.3. The topological polar surface area (TPSA) is 49.0 Å². The number of nitrogens with one attached hydrogen (secondary N) is 1. The molecule has 1 fully saturated rings. The van der Waals surface area contributed by atoms with Crippen molar-refractivity contribution >= 4 is 5.91 Å². The second kappa shape index (κ2) is 5.51. The molecule has 1 saturated heterocycles. The van der Waals surface area contributed by atoms with E-state index in [2.05, 4.69) is 9.97 Å². The number of halogens is 2. The van der Waals surface area contributed by atoms with Gasteiger partial charge in [-0.2, -0.15) is 0 Å². The molecule has 116 valence electrons. The van der Waals surface area contributed by atoms with E-state index in [0.717, 1.165) is 12.1 Å². The molecule has 0 spiro atoms. The Labute approximate surface area is 127 Å². The Morgan fingerprint density at radius 2 is 2.09 bits per heavy atom. The summed E-state index contributed by atoms with van der Waals surface area (Å²) >= 11 is 0. The minimum absolute atomic E-state index is 0.00828. The first-order valence-corrected chi connectivity index (χ1v) is 7.25. The number of likely N-dealkylation sites (tertiary alicyclic amines) is 1. The van der Waals surface area contributed by atoms with Crippen LogP contribution in [-0.4, -0.2) is 33.4 Å². The zero-order chi connectivity index (χ0) is 15.9. The predicted octanol–water partition coefficient (Wildman–Crippen LogP) is 3.08. The summed E-state index contributed by atoms with van der Waals surface area (Å²) < 4.78 is 26.3. The van der Waals surface area contributed by atoms with Gasteiger partial charge in [-0.25, -0.2) is 13.8 Å². The van der Waals surface area contributed by atoms with Gasteiger partial charge >= 0.3 is 0 Å². The summed E-state index contributed by atoms with van der Waals surface area (Å²) in [5, 5.41) is 0. The van der Waals surface area contributed by atoms with Crippen LogP contribution in [-0.2, 0) is 4.79 Å². The molecule has 1 unspecified atom stereocenters. The fourth-order valence-electron chi connectivity index (χ4n) is 2.77. The van der Waals surface area contributed by atoms with E-state index in [1.54, 1.807) is 6.20 Å². The average molecular weight is 305 g/mol. The van der Waals surface area contributed by atoms with E-state index >= 15 is 0 Å². The summed E-state index contributed by atoms with van der Waals surface area (Å²) in [6.07, 6.45) is 2.01. The first-order chi connectivity index (χ1) is 10.5. The number of benzene rings is 1. The van der Waals surface area contributed by atoms with Gasteiger partial charge in [0.1, 0.15) is 5.82 Å². The number of H-pyrrole nitrogens is 1. The molecule has 22 heavy (non-hydrogen) atoms. The van der Waals surface area contributed by atoms with Crippen molar-refractivity contribution in [3.63, 3.8) is 0 Å². The number of nitrogens with zero attached hydrogens (tertiary/aromatic N) is 2. The molecule has 0 bridgehead atoms. The van der Waals surface area contributed by atoms with Crippen LogP contribution in [0.25, 0.3) is 11.3 Å². The van der Waals surface area contributed by atoms with Crippen LogP contribution in [0.1, 0.15) is 32.0 Å². The van der Waals surface area contributed by atoms with Gasteiger partial charge in [-0.3, -0.25) is 4.79 Å². The molecular formula is C16H17F2N3O. The van der Waals surface area contributed by atoms with Gasteiger partial charge in [-0.1, -0.05) is 0 Å². The largest absolute Gasteiger partial charge is 0.342 e. The van der Waals surface area contributed by atoms with Gasteiger partial charge in [0.15, 0.2) is 11.6 Å². The number of aromatic nitrogens is 2. The summed E-state index contributed by atoms with van der Waals surface area (Å²) in [7, 11) is 0. The fourth-order valence-corrected chi connectivity index (χ4v) is 2.77. The molecule has 1 aliphatic rings. The van der Waals surface area contributed by atoms with Crippen LogP contribution in [0.4, 0.5) is 8.78 Å². The van der Waals surface area contributed by atoms with Gasteiger partial charge in [0.25, 0.3) is 0 Å². The van der Waals surface area contributed by atoms with Crippen molar-refractivity contribution in [2.45, 2.75) is 32.2 Å². The third-order valence-electron chi connectivity index (χ3n) is 3.99. The van der Waals surface area contributed by atoms with Gasteiger partial charge in [0, 0.05) is 30.5 Å². The standard InChI is InChI=1S/C16H17F2N3O/c1-9(2)21-8-11(6-15(21)22)16-19-7-14(20-16)10-3-4-12(17)13(18)5-10/h3-5,7,9,11H,6,8H2,1-2H3,(H,19,20). The zero-order valence-electron chi connectivity index (χ0n) is 12.4. The van der Waals surface area contributed by atoms with Crippen LogP contribution in [0.3, 0.4) is 0 Å². The van der Waals surface area contributed by atoms with E-state index < -0.39 is 11.6 Å². The van der Waals surface area contributed by atoms with Crippen LogP contribution in [0.15, 0.2) is 24.4 Å². The molecule has 0 saturated carbocycles. The molecule has 1 aromatic heterocycles. The van der Waals surface area contributed by atoms with E-state index in [4.69, 9.17) is 0 Å². The Morgan fingerprint density at radius 1 is 1.32 bits per heavy atom. The van der Waals surface area contributed by atoms with E-state index in [-0.39, 0.29) is 17.9 Å². The zero-order valence-corrected chi connectivity index (χ0v) is 12.4. The molecule has 4 nitrogen and oxygen atoms in total. The molecule has 1 atom stereocenters. The van der Waals surface area contributed by atoms with Crippen molar-refractivity contribution in [2.75, 3.05) is 6.54 Å². The van der Waals surface area contributed by atoms with Crippen molar-refractivity contribution in [1.29, 1.82) is 0 Å². The highest BCUT2D eigenvalue weighted by Crippen LogP contribution is 2.29. The summed E-state index contributed by atoms with van der Waals surface area (Å²) in [5.74, 6) is -0.941. The number of hydrogen-bond donors (Lipinski definition) is 1. The Balaban J connectivity index is 1.82. The quantitative estimate of drug-likeness (QED) is 0.947. The molecule has 0 aliphatic carbocycles. The lowest BCUT2D eigenvalue weighted by atomic mass is 10.1. The van der Waals surface area contributed by atoms with Gasteiger partial charge in [-0.05, 0) is 32.0 Å². The lowest BCUT2D eigenvalue weighted by Gasteiger charge is -2.20. The first-order valence-electron chi connectivity index (χ1n) is 7.25. The molecule has 1 aromatic carbocycles. The van der Waals surface area contributed by atoms with Crippen LogP contribution in [0.5, 0.6) is 0 Å².